The first-order valence-corrected chi connectivity index (χ1v) is 3.86. The Morgan fingerprint density at radius 1 is 1.54 bits per heavy atom. The van der Waals surface area contributed by atoms with Crippen molar-refractivity contribution in [1.29, 1.82) is 5.26 Å². The number of anilines is 1. The first-order valence-electron chi connectivity index (χ1n) is 3.86. The lowest BCUT2D eigenvalue weighted by atomic mass is 10.1. The Bertz CT molecular complexity index is 504. The van der Waals surface area contributed by atoms with E-state index in [0.29, 0.717) is 11.3 Å². The zero-order chi connectivity index (χ0) is 9.42. The van der Waals surface area contributed by atoms with Crippen LogP contribution in [0, 0.1) is 18.3 Å². The van der Waals surface area contributed by atoms with Crippen LogP contribution in [0.1, 0.15) is 11.3 Å². The fourth-order valence-electron chi connectivity index (χ4n) is 1.30. The molecule has 1 aromatic carbocycles. The number of hydrogen-bond acceptors (Lipinski definition) is 3. The minimum Gasteiger partial charge on any atom is -0.398 e. The highest BCUT2D eigenvalue weighted by atomic mass is 15.1. The van der Waals surface area contributed by atoms with Crippen LogP contribution in [-0.2, 0) is 0 Å². The zero-order valence-corrected chi connectivity index (χ0v) is 7.13. The standard InChI is InChI=1S/C9H8N4/c1-5-7-3-8(11)6(4-10)2-9(7)13-12-5/h2-3H,11H2,1H3,(H,12,13). The van der Waals surface area contributed by atoms with Gasteiger partial charge in [0.2, 0.25) is 0 Å². The molecule has 0 aliphatic carbocycles. The van der Waals surface area contributed by atoms with Crippen molar-refractivity contribution in [1.82, 2.24) is 10.2 Å². The number of hydrogen-bond donors (Lipinski definition) is 2. The summed E-state index contributed by atoms with van der Waals surface area (Å²) < 4.78 is 0. The molecule has 3 N–H and O–H groups in total. The third-order valence-electron chi connectivity index (χ3n) is 2.04. The van der Waals surface area contributed by atoms with Gasteiger partial charge in [-0.2, -0.15) is 10.4 Å². The van der Waals surface area contributed by atoms with Crippen LogP contribution in [0.2, 0.25) is 0 Å². The highest BCUT2D eigenvalue weighted by molar-refractivity contribution is 5.86. The molecule has 0 unspecified atom stereocenters. The van der Waals surface area contributed by atoms with Gasteiger partial charge in [-0.05, 0) is 19.1 Å². The topological polar surface area (TPSA) is 78.5 Å². The third kappa shape index (κ3) is 1.02. The molecule has 0 spiro atoms. The predicted octanol–water partition coefficient (Wildman–Crippen LogP) is 1.33. The number of benzene rings is 1. The van der Waals surface area contributed by atoms with Gasteiger partial charge in [-0.1, -0.05) is 0 Å². The molecule has 0 saturated heterocycles. The minimum absolute atomic E-state index is 0.471. The second-order valence-electron chi connectivity index (χ2n) is 2.92. The van der Waals surface area contributed by atoms with E-state index in [2.05, 4.69) is 10.2 Å². The van der Waals surface area contributed by atoms with Gasteiger partial charge in [0.15, 0.2) is 0 Å². The first kappa shape index (κ1) is 7.62. The van der Waals surface area contributed by atoms with Gasteiger partial charge in [0, 0.05) is 11.1 Å². The van der Waals surface area contributed by atoms with Crippen molar-refractivity contribution in [3.63, 3.8) is 0 Å². The molecule has 0 atom stereocenters. The van der Waals surface area contributed by atoms with Gasteiger partial charge in [-0.3, -0.25) is 5.10 Å². The average molecular weight is 172 g/mol. The van der Waals surface area contributed by atoms with Crippen LogP contribution in [0.25, 0.3) is 10.9 Å². The van der Waals surface area contributed by atoms with Crippen LogP contribution in [0.5, 0.6) is 0 Å². The van der Waals surface area contributed by atoms with Gasteiger partial charge >= 0.3 is 0 Å². The fraction of sp³-hybridized carbons (Fsp3) is 0.111. The van der Waals surface area contributed by atoms with Crippen molar-refractivity contribution < 1.29 is 0 Å². The van der Waals surface area contributed by atoms with Gasteiger partial charge in [0.05, 0.1) is 16.8 Å². The number of rotatable bonds is 0. The molecule has 0 aliphatic rings. The van der Waals surface area contributed by atoms with E-state index in [1.54, 1.807) is 12.1 Å². The van der Waals surface area contributed by atoms with Crippen LogP contribution in [-0.4, -0.2) is 10.2 Å². The number of H-pyrrole nitrogens is 1. The highest BCUT2D eigenvalue weighted by Gasteiger charge is 2.05. The van der Waals surface area contributed by atoms with Gasteiger partial charge in [0.1, 0.15) is 6.07 Å². The van der Waals surface area contributed by atoms with E-state index in [9.17, 15) is 0 Å². The summed E-state index contributed by atoms with van der Waals surface area (Å²) >= 11 is 0. The van der Waals surface area contributed by atoms with Crippen molar-refractivity contribution in [3.05, 3.63) is 23.4 Å². The number of nitrogens with one attached hydrogen (secondary N) is 1. The molecule has 4 nitrogen and oxygen atoms in total. The molecule has 0 aliphatic heterocycles. The number of nitriles is 1. The van der Waals surface area contributed by atoms with Crippen LogP contribution in [0.15, 0.2) is 12.1 Å². The molecule has 0 fully saturated rings. The number of aromatic amines is 1. The largest absolute Gasteiger partial charge is 0.398 e. The molecule has 0 bridgehead atoms. The number of fused-ring (bicyclic) bond motifs is 1. The van der Waals surface area contributed by atoms with Crippen molar-refractivity contribution in [2.24, 2.45) is 0 Å². The van der Waals surface area contributed by atoms with Crippen molar-refractivity contribution in [2.45, 2.75) is 6.92 Å². The number of nitrogen functional groups attached to an aromatic ring is 1. The summed E-state index contributed by atoms with van der Waals surface area (Å²) in [6.07, 6.45) is 0. The third-order valence-corrected chi connectivity index (χ3v) is 2.04. The summed E-state index contributed by atoms with van der Waals surface area (Å²) in [5.41, 5.74) is 8.38. The Morgan fingerprint density at radius 2 is 2.31 bits per heavy atom. The Hall–Kier alpha value is -2.02. The van der Waals surface area contributed by atoms with E-state index in [1.165, 1.54) is 0 Å². The molecular weight excluding hydrogens is 164 g/mol. The zero-order valence-electron chi connectivity index (χ0n) is 7.13. The average Bonchev–Trinajstić information content (AvgIpc) is 2.47. The van der Waals surface area contributed by atoms with E-state index in [-0.39, 0.29) is 0 Å². The van der Waals surface area contributed by atoms with E-state index >= 15 is 0 Å². The van der Waals surface area contributed by atoms with Gasteiger partial charge < -0.3 is 5.73 Å². The molecule has 4 heteroatoms. The van der Waals surface area contributed by atoms with E-state index < -0.39 is 0 Å². The Kier molecular flexibility index (Phi) is 1.46. The Labute approximate surface area is 75.0 Å². The molecule has 0 amide bonds. The van der Waals surface area contributed by atoms with E-state index in [1.807, 2.05) is 13.0 Å². The minimum atomic E-state index is 0.471. The van der Waals surface area contributed by atoms with Crippen LogP contribution >= 0.6 is 0 Å². The second kappa shape index (κ2) is 2.49. The van der Waals surface area contributed by atoms with Crippen molar-refractivity contribution in [3.8, 4) is 6.07 Å². The predicted molar refractivity (Wildman–Crippen MR) is 50.0 cm³/mol. The molecule has 0 radical (unpaired) electrons. The SMILES string of the molecule is Cc1[nH]nc2cc(C#N)c(N)cc12. The van der Waals surface area contributed by atoms with Crippen LogP contribution in [0.3, 0.4) is 0 Å². The van der Waals surface area contributed by atoms with E-state index in [0.717, 1.165) is 16.6 Å². The summed E-state index contributed by atoms with van der Waals surface area (Å²) in [4.78, 5) is 0. The molecule has 64 valence electrons. The van der Waals surface area contributed by atoms with Crippen molar-refractivity contribution >= 4 is 16.6 Å². The Morgan fingerprint density at radius 3 is 3.00 bits per heavy atom. The summed E-state index contributed by atoms with van der Waals surface area (Å²) in [6, 6.07) is 5.48. The highest BCUT2D eigenvalue weighted by Crippen LogP contribution is 2.21. The number of nitrogens with zero attached hydrogens (tertiary/aromatic N) is 2. The second-order valence-corrected chi connectivity index (χ2v) is 2.92. The molecule has 0 saturated carbocycles. The normalized spacial score (nSPS) is 10.2. The van der Waals surface area contributed by atoms with Crippen LogP contribution < -0.4 is 5.73 Å². The maximum absolute atomic E-state index is 8.72. The summed E-state index contributed by atoms with van der Waals surface area (Å²) in [7, 11) is 0. The lowest BCUT2D eigenvalue weighted by Crippen LogP contribution is -1.89. The van der Waals surface area contributed by atoms with Crippen LogP contribution in [0.4, 0.5) is 5.69 Å². The summed E-state index contributed by atoms with van der Waals surface area (Å²) in [5.74, 6) is 0. The number of aryl methyl sites for hydroxylation is 1. The number of aromatic nitrogens is 2. The first-order chi connectivity index (χ1) is 6.22. The lowest BCUT2D eigenvalue weighted by molar-refractivity contribution is 1.07. The molecule has 1 aromatic heterocycles. The van der Waals surface area contributed by atoms with Gasteiger partial charge in [0.25, 0.3) is 0 Å². The van der Waals surface area contributed by atoms with Crippen molar-refractivity contribution in [2.75, 3.05) is 5.73 Å². The summed E-state index contributed by atoms with van der Waals surface area (Å²) in [5, 5.41) is 16.6. The smallest absolute Gasteiger partial charge is 0.101 e. The maximum atomic E-state index is 8.72. The monoisotopic (exact) mass is 172 g/mol. The lowest BCUT2D eigenvalue weighted by Gasteiger charge is -1.96. The molecule has 2 rings (SSSR count). The Balaban J connectivity index is 2.85. The quantitative estimate of drug-likeness (QED) is 0.588. The van der Waals surface area contributed by atoms with Gasteiger partial charge in [-0.15, -0.1) is 0 Å². The summed E-state index contributed by atoms with van der Waals surface area (Å²) in [6.45, 7) is 1.92. The molecule has 1 heterocycles. The van der Waals surface area contributed by atoms with Gasteiger partial charge in [-0.25, -0.2) is 0 Å². The number of nitrogens with two attached hydrogens (primary N) is 1. The van der Waals surface area contributed by atoms with E-state index in [4.69, 9.17) is 11.0 Å². The molecule has 13 heavy (non-hydrogen) atoms. The molecule has 2 aromatic rings. The fourth-order valence-corrected chi connectivity index (χ4v) is 1.30. The maximum Gasteiger partial charge on any atom is 0.101 e. The molecular formula is C9H8N4.